The van der Waals surface area contributed by atoms with Gasteiger partial charge in [-0.05, 0) is 75.0 Å². The number of carbonyl (C=O) groups is 2. The first-order chi connectivity index (χ1) is 14.6. The maximum Gasteiger partial charge on any atom is 0.321 e. The molecule has 1 atom stereocenters. The summed E-state index contributed by atoms with van der Waals surface area (Å²) in [6, 6.07) is 16.2. The second-order valence-corrected chi connectivity index (χ2v) is 7.52. The molecule has 0 aliphatic heterocycles. The zero-order chi connectivity index (χ0) is 21.2. The Kier molecular flexibility index (Phi) is 8.03. The molecule has 6 heteroatoms. The normalized spacial score (nSPS) is 14.5. The van der Waals surface area contributed by atoms with Crippen LogP contribution >= 0.6 is 0 Å². The van der Waals surface area contributed by atoms with Gasteiger partial charge >= 0.3 is 5.97 Å². The van der Waals surface area contributed by atoms with E-state index >= 15 is 0 Å². The van der Waals surface area contributed by atoms with E-state index in [4.69, 9.17) is 0 Å². The third kappa shape index (κ3) is 7.04. The number of hydrogen-bond donors (Lipinski definition) is 4. The molecule has 0 radical (unpaired) electrons. The molecule has 1 aliphatic carbocycles. The van der Waals surface area contributed by atoms with Crippen LogP contribution in [0.25, 0.3) is 0 Å². The monoisotopic (exact) mass is 407 g/mol. The van der Waals surface area contributed by atoms with Gasteiger partial charge in [-0.25, -0.2) is 0 Å². The van der Waals surface area contributed by atoms with E-state index in [1.807, 2.05) is 42.5 Å². The second-order valence-electron chi connectivity index (χ2n) is 7.52. The van der Waals surface area contributed by atoms with Crippen LogP contribution in [0, 0.1) is 0 Å². The van der Waals surface area contributed by atoms with Gasteiger partial charge in [-0.15, -0.1) is 0 Å². The Bertz CT molecular complexity index is 863. The van der Waals surface area contributed by atoms with Crippen molar-refractivity contribution >= 4 is 28.9 Å². The van der Waals surface area contributed by atoms with Crippen LogP contribution in [0.15, 0.2) is 66.2 Å². The number of benzene rings is 2. The first kappa shape index (κ1) is 21.6. The number of carboxylic acid groups (broad SMARTS) is 1. The van der Waals surface area contributed by atoms with Gasteiger partial charge in [0.2, 0.25) is 5.91 Å². The molecule has 3 rings (SSSR count). The summed E-state index contributed by atoms with van der Waals surface area (Å²) in [4.78, 5) is 23.8. The van der Waals surface area contributed by atoms with E-state index in [2.05, 4.69) is 22.0 Å². The van der Waals surface area contributed by atoms with Gasteiger partial charge in [0.05, 0.1) is 6.42 Å². The van der Waals surface area contributed by atoms with Crippen molar-refractivity contribution in [3.8, 4) is 0 Å². The molecule has 0 fully saturated rings. The molecule has 1 unspecified atom stereocenters. The number of carbonyl (C=O) groups excluding carboxylic acids is 1. The van der Waals surface area contributed by atoms with Gasteiger partial charge in [-0.3, -0.25) is 9.59 Å². The number of aliphatic carboxylic acids is 1. The van der Waals surface area contributed by atoms with Crippen LogP contribution < -0.4 is 16.0 Å². The van der Waals surface area contributed by atoms with E-state index in [9.17, 15) is 14.7 Å². The number of allylic oxidation sites excluding steroid dienone is 1. The maximum absolute atomic E-state index is 12.3. The Morgan fingerprint density at radius 1 is 0.933 bits per heavy atom. The molecule has 0 saturated heterocycles. The number of nitrogens with one attached hydrogen (secondary N) is 3. The molecule has 1 aliphatic rings. The molecule has 0 saturated carbocycles. The average Bonchev–Trinajstić information content (AvgIpc) is 2.76. The summed E-state index contributed by atoms with van der Waals surface area (Å²) in [5.41, 5.74) is 3.90. The number of carboxylic acids is 1. The van der Waals surface area contributed by atoms with E-state index < -0.39 is 12.0 Å². The minimum absolute atomic E-state index is 0.113. The molecule has 6 nitrogen and oxygen atoms in total. The van der Waals surface area contributed by atoms with Crippen molar-refractivity contribution in [3.63, 3.8) is 0 Å². The Labute approximate surface area is 177 Å². The molecule has 0 aromatic heterocycles. The molecule has 1 amide bonds. The molecule has 0 heterocycles. The Balaban J connectivity index is 1.46. The fourth-order valence-corrected chi connectivity index (χ4v) is 3.51. The SMILES string of the molecule is O=C(CC(NCCC1=CCCCC1)C(=O)O)Nc1ccc(Nc2ccccc2)cc1. The summed E-state index contributed by atoms with van der Waals surface area (Å²) in [6.45, 7) is 0.565. The van der Waals surface area contributed by atoms with Gasteiger partial charge in [-0.2, -0.15) is 0 Å². The summed E-state index contributed by atoms with van der Waals surface area (Å²) in [5, 5.41) is 18.5. The lowest BCUT2D eigenvalue weighted by Gasteiger charge is -2.17. The smallest absolute Gasteiger partial charge is 0.321 e. The van der Waals surface area contributed by atoms with Crippen molar-refractivity contribution < 1.29 is 14.7 Å². The summed E-state index contributed by atoms with van der Waals surface area (Å²) in [5.74, 6) is -1.33. The van der Waals surface area contributed by atoms with Crippen molar-refractivity contribution in [1.29, 1.82) is 0 Å². The summed E-state index contributed by atoms with van der Waals surface area (Å²) in [7, 11) is 0. The molecule has 0 bridgehead atoms. The Morgan fingerprint density at radius 3 is 2.30 bits per heavy atom. The molecule has 0 spiro atoms. The second kappa shape index (κ2) is 11.2. The van der Waals surface area contributed by atoms with E-state index in [0.717, 1.165) is 30.6 Å². The molecule has 30 heavy (non-hydrogen) atoms. The van der Waals surface area contributed by atoms with Crippen LogP contribution in [0.1, 0.15) is 38.5 Å². The zero-order valence-corrected chi connectivity index (χ0v) is 17.1. The summed E-state index contributed by atoms with van der Waals surface area (Å²) < 4.78 is 0. The lowest BCUT2D eigenvalue weighted by Crippen LogP contribution is -2.40. The van der Waals surface area contributed by atoms with E-state index in [1.54, 1.807) is 12.1 Å². The number of para-hydroxylation sites is 1. The predicted octanol–water partition coefficient (Wildman–Crippen LogP) is 4.69. The fourth-order valence-electron chi connectivity index (χ4n) is 3.51. The fraction of sp³-hybridized carbons (Fsp3) is 0.333. The van der Waals surface area contributed by atoms with Crippen molar-refractivity contribution in [1.82, 2.24) is 5.32 Å². The van der Waals surface area contributed by atoms with Gasteiger partial charge in [0.15, 0.2) is 0 Å². The van der Waals surface area contributed by atoms with Crippen molar-refractivity contribution in [2.75, 3.05) is 17.2 Å². The highest BCUT2D eigenvalue weighted by Crippen LogP contribution is 2.20. The summed E-state index contributed by atoms with van der Waals surface area (Å²) in [6.07, 6.45) is 7.62. The highest BCUT2D eigenvalue weighted by atomic mass is 16.4. The number of hydrogen-bond acceptors (Lipinski definition) is 4. The lowest BCUT2D eigenvalue weighted by atomic mass is 9.97. The third-order valence-corrected chi connectivity index (χ3v) is 5.14. The van der Waals surface area contributed by atoms with Gasteiger partial charge in [-0.1, -0.05) is 29.8 Å². The Hall–Kier alpha value is -3.12. The topological polar surface area (TPSA) is 90.5 Å². The van der Waals surface area contributed by atoms with Crippen LogP contribution in [0.2, 0.25) is 0 Å². The van der Waals surface area contributed by atoms with E-state index in [1.165, 1.54) is 18.4 Å². The molecular weight excluding hydrogens is 378 g/mol. The summed E-state index contributed by atoms with van der Waals surface area (Å²) >= 11 is 0. The van der Waals surface area contributed by atoms with Gasteiger partial charge in [0.1, 0.15) is 6.04 Å². The standard InChI is InChI=1S/C24H29N3O3/c28-23(17-22(24(29)30)25-16-15-18-7-3-1-4-8-18)27-21-13-11-20(12-14-21)26-19-9-5-2-6-10-19/h2,5-7,9-14,22,25-26H,1,3-4,8,15-17H2,(H,27,28)(H,29,30). The van der Waals surface area contributed by atoms with E-state index in [0.29, 0.717) is 12.2 Å². The predicted molar refractivity (Wildman–Crippen MR) is 120 cm³/mol. The van der Waals surface area contributed by atoms with Crippen LogP contribution in [0.5, 0.6) is 0 Å². The highest BCUT2D eigenvalue weighted by Gasteiger charge is 2.20. The van der Waals surface area contributed by atoms with Crippen molar-refractivity contribution in [2.45, 2.75) is 44.6 Å². The van der Waals surface area contributed by atoms with Crippen LogP contribution in [0.3, 0.4) is 0 Å². The third-order valence-electron chi connectivity index (χ3n) is 5.14. The van der Waals surface area contributed by atoms with Gasteiger partial charge < -0.3 is 21.1 Å². The molecule has 2 aromatic rings. The highest BCUT2D eigenvalue weighted by molar-refractivity contribution is 5.94. The Morgan fingerprint density at radius 2 is 1.63 bits per heavy atom. The molecule has 158 valence electrons. The average molecular weight is 408 g/mol. The number of anilines is 3. The van der Waals surface area contributed by atoms with Gasteiger partial charge in [0.25, 0.3) is 0 Å². The van der Waals surface area contributed by atoms with E-state index in [-0.39, 0.29) is 12.3 Å². The molecular formula is C24H29N3O3. The first-order valence-electron chi connectivity index (χ1n) is 10.5. The van der Waals surface area contributed by atoms with Gasteiger partial charge in [0, 0.05) is 17.1 Å². The quantitative estimate of drug-likeness (QED) is 0.429. The number of rotatable bonds is 10. The van der Waals surface area contributed by atoms with Crippen LogP contribution in [-0.4, -0.2) is 29.6 Å². The minimum atomic E-state index is -1.01. The van der Waals surface area contributed by atoms with Crippen molar-refractivity contribution in [3.05, 3.63) is 66.2 Å². The number of amides is 1. The van der Waals surface area contributed by atoms with Crippen molar-refractivity contribution in [2.24, 2.45) is 0 Å². The molecule has 4 N–H and O–H groups in total. The van der Waals surface area contributed by atoms with Crippen LogP contribution in [0.4, 0.5) is 17.1 Å². The first-order valence-corrected chi connectivity index (χ1v) is 10.5. The zero-order valence-electron chi connectivity index (χ0n) is 17.1. The molecule has 2 aromatic carbocycles. The largest absolute Gasteiger partial charge is 0.480 e. The lowest BCUT2D eigenvalue weighted by molar-refractivity contribution is -0.141. The maximum atomic E-state index is 12.3. The van der Waals surface area contributed by atoms with Crippen LogP contribution in [-0.2, 0) is 9.59 Å². The minimum Gasteiger partial charge on any atom is -0.480 e.